The van der Waals surface area contributed by atoms with Gasteiger partial charge in [0.2, 0.25) is 10.0 Å². The first-order chi connectivity index (χ1) is 9.60. The van der Waals surface area contributed by atoms with Crippen molar-refractivity contribution in [2.45, 2.75) is 30.8 Å². The van der Waals surface area contributed by atoms with Crippen LogP contribution in [-0.2, 0) is 10.0 Å². The number of sulfonamides is 1. The minimum Gasteiger partial charge on any atom is -0.399 e. The highest BCUT2D eigenvalue weighted by atomic mass is 32.2. The number of alkyl halides is 3. The second kappa shape index (κ2) is 5.49. The summed E-state index contributed by atoms with van der Waals surface area (Å²) in [5.74, 6) is -1.61. The van der Waals surface area contributed by atoms with E-state index in [1.807, 2.05) is 0 Å². The molecule has 0 spiro atoms. The van der Waals surface area contributed by atoms with E-state index in [0.717, 1.165) is 4.31 Å². The number of aryl methyl sites for hydroxylation is 1. The molecular formula is C13H17F3N2O2S. The van der Waals surface area contributed by atoms with E-state index in [2.05, 4.69) is 0 Å². The van der Waals surface area contributed by atoms with E-state index in [4.69, 9.17) is 5.73 Å². The molecule has 0 radical (unpaired) electrons. The summed E-state index contributed by atoms with van der Waals surface area (Å²) in [6.07, 6.45) is -4.21. The highest BCUT2D eigenvalue weighted by Crippen LogP contribution is 2.35. The van der Waals surface area contributed by atoms with Crippen LogP contribution in [0.4, 0.5) is 18.9 Å². The largest absolute Gasteiger partial charge is 0.399 e. The number of anilines is 1. The summed E-state index contributed by atoms with van der Waals surface area (Å²) in [7, 11) is -3.95. The molecule has 1 unspecified atom stereocenters. The third-order valence-electron chi connectivity index (χ3n) is 3.56. The van der Waals surface area contributed by atoms with E-state index in [0.29, 0.717) is 5.56 Å². The highest BCUT2D eigenvalue weighted by Gasteiger charge is 2.44. The van der Waals surface area contributed by atoms with E-state index < -0.39 is 28.7 Å². The smallest absolute Gasteiger partial charge is 0.393 e. The van der Waals surface area contributed by atoms with Gasteiger partial charge in [0.1, 0.15) is 0 Å². The second-order valence-corrected chi connectivity index (χ2v) is 7.26. The lowest BCUT2D eigenvalue weighted by Gasteiger charge is -2.33. The zero-order valence-electron chi connectivity index (χ0n) is 11.5. The molecule has 0 amide bonds. The fraction of sp³-hybridized carbons (Fsp3) is 0.538. The van der Waals surface area contributed by atoms with Gasteiger partial charge in [0.15, 0.2) is 0 Å². The Morgan fingerprint density at radius 1 is 1.29 bits per heavy atom. The van der Waals surface area contributed by atoms with Crippen LogP contribution in [0.25, 0.3) is 0 Å². The van der Waals surface area contributed by atoms with Gasteiger partial charge in [-0.05, 0) is 43.5 Å². The predicted molar refractivity (Wildman–Crippen MR) is 73.1 cm³/mol. The zero-order chi connectivity index (χ0) is 15.8. The van der Waals surface area contributed by atoms with E-state index in [-0.39, 0.29) is 30.0 Å². The third-order valence-corrected chi connectivity index (χ3v) is 5.40. The van der Waals surface area contributed by atoms with E-state index >= 15 is 0 Å². The average Bonchev–Trinajstić information content (AvgIpc) is 2.36. The number of benzene rings is 1. The number of nitrogens with zero attached hydrogens (tertiary/aromatic N) is 1. The molecule has 0 bridgehead atoms. The molecule has 1 aromatic rings. The SMILES string of the molecule is Cc1cc(N)cc(S(=O)(=O)N2CCCC(C(F)(F)F)C2)c1. The number of piperidine rings is 1. The van der Waals surface area contributed by atoms with Crippen molar-refractivity contribution >= 4 is 15.7 Å². The van der Waals surface area contributed by atoms with Crippen LogP contribution in [0.1, 0.15) is 18.4 Å². The van der Waals surface area contributed by atoms with Crippen LogP contribution in [-0.4, -0.2) is 32.0 Å². The van der Waals surface area contributed by atoms with E-state index in [1.165, 1.54) is 12.1 Å². The van der Waals surface area contributed by atoms with Crippen molar-refractivity contribution in [3.05, 3.63) is 23.8 Å². The maximum Gasteiger partial charge on any atom is 0.393 e. The standard InChI is InChI=1S/C13H17F3N2O2S/c1-9-5-11(17)7-12(6-9)21(19,20)18-4-2-3-10(8-18)13(14,15)16/h5-7,10H,2-4,8,17H2,1H3. The monoisotopic (exact) mass is 322 g/mol. The molecule has 1 atom stereocenters. The summed E-state index contributed by atoms with van der Waals surface area (Å²) < 4.78 is 64.2. The van der Waals surface area contributed by atoms with Crippen molar-refractivity contribution in [2.24, 2.45) is 5.92 Å². The molecule has 1 saturated heterocycles. The van der Waals surface area contributed by atoms with E-state index in [1.54, 1.807) is 13.0 Å². The molecule has 1 heterocycles. The first kappa shape index (κ1) is 16.1. The molecule has 8 heteroatoms. The van der Waals surface area contributed by atoms with Gasteiger partial charge in [-0.3, -0.25) is 0 Å². The Labute approximate surface area is 121 Å². The van der Waals surface area contributed by atoms with Crippen LogP contribution in [0.5, 0.6) is 0 Å². The van der Waals surface area contributed by atoms with Crippen molar-refractivity contribution in [2.75, 3.05) is 18.8 Å². The average molecular weight is 322 g/mol. The second-order valence-electron chi connectivity index (χ2n) is 5.32. The first-order valence-electron chi connectivity index (χ1n) is 6.55. The quantitative estimate of drug-likeness (QED) is 0.851. The fourth-order valence-electron chi connectivity index (χ4n) is 2.50. The maximum atomic E-state index is 12.8. The Bertz CT molecular complexity index is 609. The number of halogens is 3. The van der Waals surface area contributed by atoms with Gasteiger partial charge in [-0.25, -0.2) is 8.42 Å². The third kappa shape index (κ3) is 3.49. The number of hydrogen-bond donors (Lipinski definition) is 1. The molecule has 1 aliphatic heterocycles. The number of nitrogens with two attached hydrogens (primary N) is 1. The Balaban J connectivity index is 2.31. The number of hydrogen-bond acceptors (Lipinski definition) is 3. The predicted octanol–water partition coefficient (Wildman–Crippen LogP) is 2.54. The van der Waals surface area contributed by atoms with Crippen LogP contribution >= 0.6 is 0 Å². The van der Waals surface area contributed by atoms with Gasteiger partial charge < -0.3 is 5.73 Å². The lowest BCUT2D eigenvalue weighted by atomic mass is 9.99. The van der Waals surface area contributed by atoms with Crippen LogP contribution in [0.2, 0.25) is 0 Å². The Hall–Kier alpha value is -1.28. The normalized spacial score (nSPS) is 21.4. The molecular weight excluding hydrogens is 305 g/mol. The molecule has 21 heavy (non-hydrogen) atoms. The van der Waals surface area contributed by atoms with Crippen LogP contribution < -0.4 is 5.73 Å². The Morgan fingerprint density at radius 3 is 2.52 bits per heavy atom. The fourth-order valence-corrected chi connectivity index (χ4v) is 4.17. The van der Waals surface area contributed by atoms with E-state index in [9.17, 15) is 21.6 Å². The summed E-state index contributed by atoms with van der Waals surface area (Å²) in [6, 6.07) is 4.30. The van der Waals surface area contributed by atoms with Crippen LogP contribution in [0.15, 0.2) is 23.1 Å². The van der Waals surface area contributed by atoms with Gasteiger partial charge in [0, 0.05) is 18.8 Å². The van der Waals surface area contributed by atoms with Crippen molar-refractivity contribution < 1.29 is 21.6 Å². The van der Waals surface area contributed by atoms with Gasteiger partial charge in [-0.2, -0.15) is 17.5 Å². The Kier molecular flexibility index (Phi) is 4.21. The molecule has 2 rings (SSSR count). The molecule has 1 aromatic carbocycles. The van der Waals surface area contributed by atoms with Gasteiger partial charge >= 0.3 is 6.18 Å². The minimum atomic E-state index is -4.38. The van der Waals surface area contributed by atoms with Gasteiger partial charge in [0.05, 0.1) is 10.8 Å². The number of nitrogen functional groups attached to an aromatic ring is 1. The van der Waals surface area contributed by atoms with Crippen molar-refractivity contribution in [3.63, 3.8) is 0 Å². The van der Waals surface area contributed by atoms with Crippen molar-refractivity contribution in [1.29, 1.82) is 0 Å². The molecule has 0 aromatic heterocycles. The molecule has 0 aliphatic carbocycles. The zero-order valence-corrected chi connectivity index (χ0v) is 12.3. The van der Waals surface area contributed by atoms with Gasteiger partial charge in [-0.1, -0.05) is 0 Å². The maximum absolute atomic E-state index is 12.8. The summed E-state index contributed by atoms with van der Waals surface area (Å²) in [4.78, 5) is -0.0529. The van der Waals surface area contributed by atoms with Crippen molar-refractivity contribution in [3.8, 4) is 0 Å². The van der Waals surface area contributed by atoms with Crippen LogP contribution in [0.3, 0.4) is 0 Å². The molecule has 1 fully saturated rings. The van der Waals surface area contributed by atoms with Gasteiger partial charge in [0.25, 0.3) is 0 Å². The summed E-state index contributed by atoms with van der Waals surface area (Å²) in [6.45, 7) is 1.26. The molecule has 2 N–H and O–H groups in total. The molecule has 118 valence electrons. The van der Waals surface area contributed by atoms with Crippen molar-refractivity contribution in [1.82, 2.24) is 4.31 Å². The summed E-state index contributed by atoms with van der Waals surface area (Å²) in [5, 5.41) is 0. The molecule has 0 saturated carbocycles. The van der Waals surface area contributed by atoms with Crippen LogP contribution in [0, 0.1) is 12.8 Å². The molecule has 1 aliphatic rings. The summed E-state index contributed by atoms with van der Waals surface area (Å²) in [5.41, 5.74) is 6.55. The lowest BCUT2D eigenvalue weighted by molar-refractivity contribution is -0.182. The Morgan fingerprint density at radius 2 is 1.95 bits per heavy atom. The topological polar surface area (TPSA) is 63.4 Å². The number of rotatable bonds is 2. The lowest BCUT2D eigenvalue weighted by Crippen LogP contribution is -2.44. The summed E-state index contributed by atoms with van der Waals surface area (Å²) >= 11 is 0. The first-order valence-corrected chi connectivity index (χ1v) is 7.99. The van der Waals surface area contributed by atoms with Gasteiger partial charge in [-0.15, -0.1) is 0 Å². The highest BCUT2D eigenvalue weighted by molar-refractivity contribution is 7.89. The molecule has 4 nitrogen and oxygen atoms in total. The minimum absolute atomic E-state index is 0.0362.